The van der Waals surface area contributed by atoms with Crippen molar-refractivity contribution in [3.63, 3.8) is 0 Å². The maximum absolute atomic E-state index is 3.32. The van der Waals surface area contributed by atoms with Crippen molar-refractivity contribution in [3.8, 4) is 0 Å². The van der Waals surface area contributed by atoms with Gasteiger partial charge in [-0.3, -0.25) is 0 Å². The number of unbranched alkanes of at least 4 members (excludes halogenated alkanes) is 1. The van der Waals surface area contributed by atoms with Gasteiger partial charge in [-0.05, 0) is 24.4 Å². The second-order valence-corrected chi connectivity index (χ2v) is 4.13. The molecular formula is C8H12P. The van der Waals surface area contributed by atoms with Gasteiger partial charge in [0, 0.05) is 5.80 Å². The molecule has 1 aromatic heterocycles. The van der Waals surface area contributed by atoms with Crippen LogP contribution in [0, 0.1) is 5.80 Å². The molecule has 0 saturated carbocycles. The smallest absolute Gasteiger partial charge is 0.00512 e. The molecule has 1 atom stereocenters. The first kappa shape index (κ1) is 6.89. The van der Waals surface area contributed by atoms with Crippen LogP contribution in [-0.4, -0.2) is 0 Å². The molecule has 1 rings (SSSR count). The fourth-order valence-corrected chi connectivity index (χ4v) is 2.39. The molecular weight excluding hydrogens is 127 g/mol. The van der Waals surface area contributed by atoms with Gasteiger partial charge in [-0.25, -0.2) is 0 Å². The highest BCUT2D eigenvalue weighted by atomic mass is 31.1. The van der Waals surface area contributed by atoms with Gasteiger partial charge in [-0.2, -0.15) is 0 Å². The molecule has 0 aliphatic carbocycles. The number of aryl methyl sites for hydroxylation is 1. The van der Waals surface area contributed by atoms with Crippen LogP contribution in [0.1, 0.15) is 19.8 Å². The van der Waals surface area contributed by atoms with Crippen LogP contribution >= 0.6 is 7.53 Å². The Balaban J connectivity index is 2.30. The lowest BCUT2D eigenvalue weighted by Crippen LogP contribution is -1.66. The van der Waals surface area contributed by atoms with Gasteiger partial charge in [0.05, 0.1) is 0 Å². The molecule has 0 fully saturated rings. The summed E-state index contributed by atoms with van der Waals surface area (Å²) in [4.78, 5) is 0. The van der Waals surface area contributed by atoms with Crippen molar-refractivity contribution in [3.05, 3.63) is 23.7 Å². The summed E-state index contributed by atoms with van der Waals surface area (Å²) in [5.41, 5.74) is 0. The zero-order valence-corrected chi connectivity index (χ0v) is 6.70. The van der Waals surface area contributed by atoms with Crippen molar-refractivity contribution < 1.29 is 0 Å². The summed E-state index contributed by atoms with van der Waals surface area (Å²) in [7, 11) is 0.0629. The summed E-state index contributed by atoms with van der Waals surface area (Å²) in [6.07, 6.45) is 4.02. The van der Waals surface area contributed by atoms with Crippen LogP contribution in [0.3, 0.4) is 0 Å². The van der Waals surface area contributed by atoms with E-state index in [4.69, 9.17) is 0 Å². The van der Waals surface area contributed by atoms with E-state index < -0.39 is 0 Å². The number of hydrogen-bond donors (Lipinski definition) is 0. The highest BCUT2D eigenvalue weighted by Gasteiger charge is 1.87. The summed E-state index contributed by atoms with van der Waals surface area (Å²) in [6, 6.07) is 4.16. The van der Waals surface area contributed by atoms with Crippen LogP contribution < -0.4 is 0 Å². The first-order valence-electron chi connectivity index (χ1n) is 3.46. The number of hydrogen-bond acceptors (Lipinski definition) is 0. The van der Waals surface area contributed by atoms with Gasteiger partial charge in [-0.1, -0.05) is 19.4 Å². The summed E-state index contributed by atoms with van der Waals surface area (Å²) in [5.74, 6) is 5.60. The molecule has 0 aromatic carbocycles. The van der Waals surface area contributed by atoms with Gasteiger partial charge in [-0.15, -0.1) is 7.53 Å². The van der Waals surface area contributed by atoms with Crippen molar-refractivity contribution >= 4 is 7.53 Å². The average Bonchev–Trinajstić information content (AvgIpc) is 2.34. The Morgan fingerprint density at radius 1 is 1.56 bits per heavy atom. The van der Waals surface area contributed by atoms with E-state index in [1.165, 1.54) is 19.0 Å². The standard InChI is InChI=1S/C8H12P/c1-2-3-6-9-7-4-5-8-9/h4-5,7H,2-3,6H2,1H3. The van der Waals surface area contributed by atoms with Gasteiger partial charge < -0.3 is 0 Å². The minimum atomic E-state index is 0.0629. The predicted octanol–water partition coefficient (Wildman–Crippen LogP) is 3.27. The molecule has 9 heavy (non-hydrogen) atoms. The highest BCUT2D eigenvalue weighted by molar-refractivity contribution is 7.47. The van der Waals surface area contributed by atoms with E-state index in [9.17, 15) is 0 Å². The Hall–Kier alpha value is -0.220. The molecule has 1 radical (unpaired) electrons. The normalized spacial score (nSPS) is 9.89. The quantitative estimate of drug-likeness (QED) is 0.602. The van der Waals surface area contributed by atoms with Gasteiger partial charge in [0.25, 0.3) is 0 Å². The molecule has 1 unspecified atom stereocenters. The third-order valence-corrected chi connectivity index (χ3v) is 3.17. The van der Waals surface area contributed by atoms with Gasteiger partial charge in [0.1, 0.15) is 0 Å². The molecule has 0 N–H and O–H groups in total. The summed E-state index contributed by atoms with van der Waals surface area (Å²) < 4.78 is 0. The lowest BCUT2D eigenvalue weighted by molar-refractivity contribution is 0.855. The van der Waals surface area contributed by atoms with E-state index in [1.807, 2.05) is 6.07 Å². The minimum absolute atomic E-state index is 0.0629. The minimum Gasteiger partial charge on any atom is -0.116 e. The molecule has 1 heterocycles. The molecule has 0 aliphatic rings. The van der Waals surface area contributed by atoms with Crippen molar-refractivity contribution in [2.24, 2.45) is 0 Å². The summed E-state index contributed by atoms with van der Waals surface area (Å²) in [6.45, 7) is 2.23. The van der Waals surface area contributed by atoms with Gasteiger partial charge in [0.2, 0.25) is 0 Å². The van der Waals surface area contributed by atoms with Crippen LogP contribution in [0.4, 0.5) is 0 Å². The van der Waals surface area contributed by atoms with Crippen molar-refractivity contribution in [2.45, 2.75) is 25.9 Å². The van der Waals surface area contributed by atoms with Crippen LogP contribution in [0.5, 0.6) is 0 Å². The van der Waals surface area contributed by atoms with Crippen LogP contribution in [0.25, 0.3) is 0 Å². The lowest BCUT2D eigenvalue weighted by atomic mass is 10.4. The Kier molecular flexibility index (Phi) is 2.86. The van der Waals surface area contributed by atoms with E-state index in [1.54, 1.807) is 0 Å². The lowest BCUT2D eigenvalue weighted by Gasteiger charge is -1.92. The average molecular weight is 139 g/mol. The topological polar surface area (TPSA) is 0 Å². The summed E-state index contributed by atoms with van der Waals surface area (Å²) in [5, 5.41) is 0. The molecule has 0 bridgehead atoms. The van der Waals surface area contributed by atoms with Crippen molar-refractivity contribution in [1.29, 1.82) is 0 Å². The van der Waals surface area contributed by atoms with E-state index in [-0.39, 0.29) is 7.53 Å². The highest BCUT2D eigenvalue weighted by Crippen LogP contribution is 2.28. The predicted molar refractivity (Wildman–Crippen MR) is 42.9 cm³/mol. The van der Waals surface area contributed by atoms with Crippen LogP contribution in [-0.2, 0) is 6.16 Å². The SMILES string of the molecule is CCCCp1[c]ccc1. The van der Waals surface area contributed by atoms with Crippen LogP contribution in [0.15, 0.2) is 17.9 Å². The fraction of sp³-hybridized carbons (Fsp3) is 0.500. The van der Waals surface area contributed by atoms with E-state index >= 15 is 0 Å². The third-order valence-electron chi connectivity index (χ3n) is 1.36. The zero-order valence-electron chi connectivity index (χ0n) is 5.80. The van der Waals surface area contributed by atoms with E-state index in [0.717, 1.165) is 0 Å². The third kappa shape index (κ3) is 2.24. The second-order valence-electron chi connectivity index (χ2n) is 2.18. The largest absolute Gasteiger partial charge is 0.116 e. The van der Waals surface area contributed by atoms with E-state index in [2.05, 4.69) is 24.6 Å². The Morgan fingerprint density at radius 2 is 2.44 bits per heavy atom. The molecule has 0 nitrogen and oxygen atoms in total. The molecule has 1 aromatic rings. The van der Waals surface area contributed by atoms with E-state index in [0.29, 0.717) is 0 Å². The zero-order chi connectivity index (χ0) is 6.53. The fourth-order valence-electron chi connectivity index (χ4n) is 0.796. The maximum atomic E-state index is 3.32. The van der Waals surface area contributed by atoms with Crippen LogP contribution in [0.2, 0.25) is 0 Å². The molecule has 1 heteroatoms. The molecule has 49 valence electrons. The van der Waals surface area contributed by atoms with Crippen molar-refractivity contribution in [2.75, 3.05) is 0 Å². The monoisotopic (exact) mass is 139 g/mol. The molecule has 0 saturated heterocycles. The first-order valence-corrected chi connectivity index (χ1v) is 5.06. The Labute approximate surface area is 58.0 Å². The maximum Gasteiger partial charge on any atom is 0.00512 e. The Morgan fingerprint density at radius 3 is 3.00 bits per heavy atom. The molecule has 0 amide bonds. The van der Waals surface area contributed by atoms with Gasteiger partial charge in [0.15, 0.2) is 0 Å². The van der Waals surface area contributed by atoms with Crippen molar-refractivity contribution in [1.82, 2.24) is 0 Å². The molecule has 0 spiro atoms. The number of rotatable bonds is 3. The summed E-state index contributed by atoms with van der Waals surface area (Å²) >= 11 is 0. The Bertz CT molecular complexity index is 142. The molecule has 0 aliphatic heterocycles. The van der Waals surface area contributed by atoms with Gasteiger partial charge >= 0.3 is 0 Å². The first-order chi connectivity index (χ1) is 4.43. The second kappa shape index (κ2) is 3.74.